The molecule has 0 saturated heterocycles. The van der Waals surface area contributed by atoms with Crippen LogP contribution in [0.15, 0.2) is 18.2 Å². The molecule has 2 N–H and O–H groups in total. The van der Waals surface area contributed by atoms with Gasteiger partial charge in [-0.3, -0.25) is 14.9 Å². The minimum Gasteiger partial charge on any atom is -0.481 e. The molecule has 0 aromatic heterocycles. The summed E-state index contributed by atoms with van der Waals surface area (Å²) in [6.07, 6.45) is 2.09. The number of benzene rings is 1. The Kier molecular flexibility index (Phi) is 4.23. The molecule has 1 aliphatic carbocycles. The minimum atomic E-state index is -0.748. The third kappa shape index (κ3) is 3.34. The number of aliphatic carboxylic acids is 1. The fraction of sp³-hybridized carbons (Fsp3) is 0.417. The summed E-state index contributed by atoms with van der Waals surface area (Å²) in [5.74, 6) is -1.03. The average Bonchev–Trinajstić information content (AvgIpc) is 2.80. The maximum absolute atomic E-state index is 10.9. The van der Waals surface area contributed by atoms with Crippen molar-refractivity contribution in [3.05, 3.63) is 31.9 Å². The lowest BCUT2D eigenvalue weighted by Gasteiger charge is -2.15. The first kappa shape index (κ1) is 14.0. The number of halogens is 1. The van der Waals surface area contributed by atoms with Crippen molar-refractivity contribution < 1.29 is 14.8 Å². The summed E-state index contributed by atoms with van der Waals surface area (Å²) >= 11 is 2.04. The van der Waals surface area contributed by atoms with Crippen molar-refractivity contribution in [2.75, 3.05) is 5.32 Å². The van der Waals surface area contributed by atoms with Crippen molar-refractivity contribution >= 4 is 39.9 Å². The molecule has 0 spiro atoms. The zero-order chi connectivity index (χ0) is 14.0. The molecule has 0 aliphatic heterocycles. The van der Waals surface area contributed by atoms with Crippen LogP contribution in [0.5, 0.6) is 0 Å². The number of nitro benzene ring substituents is 1. The highest BCUT2D eigenvalue weighted by Crippen LogP contribution is 2.31. The van der Waals surface area contributed by atoms with Crippen molar-refractivity contribution in [2.24, 2.45) is 5.92 Å². The van der Waals surface area contributed by atoms with E-state index in [4.69, 9.17) is 5.11 Å². The van der Waals surface area contributed by atoms with E-state index < -0.39 is 10.9 Å². The standard InChI is InChI=1S/C12H13IN2O4/c13-10-6-9(15(18)19)3-4-11(10)14-8-2-1-7(5-8)12(16)17/h3-4,6-8,14H,1-2,5H2,(H,16,17). The maximum Gasteiger partial charge on any atom is 0.306 e. The number of rotatable bonds is 4. The van der Waals surface area contributed by atoms with E-state index in [9.17, 15) is 14.9 Å². The fourth-order valence-electron chi connectivity index (χ4n) is 2.29. The second-order valence-corrected chi connectivity index (χ2v) is 5.77. The molecule has 0 radical (unpaired) electrons. The Morgan fingerprint density at radius 3 is 2.74 bits per heavy atom. The van der Waals surface area contributed by atoms with Crippen LogP contribution in [0.4, 0.5) is 11.4 Å². The van der Waals surface area contributed by atoms with Crippen molar-refractivity contribution in [3.8, 4) is 0 Å². The third-order valence-corrected chi connectivity index (χ3v) is 4.20. The predicted molar refractivity (Wildman–Crippen MR) is 78.2 cm³/mol. The molecule has 6 nitrogen and oxygen atoms in total. The highest BCUT2D eigenvalue weighted by atomic mass is 127. The molecule has 0 amide bonds. The first-order chi connectivity index (χ1) is 8.97. The summed E-state index contributed by atoms with van der Waals surface area (Å²) in [6.45, 7) is 0. The Bertz CT molecular complexity index is 520. The zero-order valence-corrected chi connectivity index (χ0v) is 12.2. The number of carboxylic acids is 1. The molecule has 1 aromatic rings. The van der Waals surface area contributed by atoms with Crippen LogP contribution in [0, 0.1) is 19.6 Å². The quantitative estimate of drug-likeness (QED) is 0.479. The highest BCUT2D eigenvalue weighted by Gasteiger charge is 2.29. The van der Waals surface area contributed by atoms with Gasteiger partial charge < -0.3 is 10.4 Å². The predicted octanol–water partition coefficient (Wildman–Crippen LogP) is 2.86. The summed E-state index contributed by atoms with van der Waals surface area (Å²) in [6, 6.07) is 4.75. The summed E-state index contributed by atoms with van der Waals surface area (Å²) < 4.78 is 0.769. The molecule has 1 aromatic carbocycles. The Morgan fingerprint density at radius 2 is 2.21 bits per heavy atom. The van der Waals surface area contributed by atoms with Crippen LogP contribution in [0.1, 0.15) is 19.3 Å². The fourth-order valence-corrected chi connectivity index (χ4v) is 2.95. The molecular weight excluding hydrogens is 363 g/mol. The molecular formula is C12H13IN2O4. The third-order valence-electron chi connectivity index (χ3n) is 3.30. The van der Waals surface area contributed by atoms with Crippen LogP contribution in [0.3, 0.4) is 0 Å². The largest absolute Gasteiger partial charge is 0.481 e. The van der Waals surface area contributed by atoms with Crippen LogP contribution < -0.4 is 5.32 Å². The zero-order valence-electron chi connectivity index (χ0n) is 10.0. The van der Waals surface area contributed by atoms with Crippen molar-refractivity contribution in [1.29, 1.82) is 0 Å². The first-order valence-corrected chi connectivity index (χ1v) is 6.98. The normalized spacial score (nSPS) is 22.2. The van der Waals surface area contributed by atoms with Gasteiger partial charge in [0, 0.05) is 27.4 Å². The van der Waals surface area contributed by atoms with Gasteiger partial charge >= 0.3 is 5.97 Å². The number of carboxylic acid groups (broad SMARTS) is 1. The van der Waals surface area contributed by atoms with Gasteiger partial charge in [0.25, 0.3) is 5.69 Å². The highest BCUT2D eigenvalue weighted by molar-refractivity contribution is 14.1. The van der Waals surface area contributed by atoms with Crippen LogP contribution in [-0.4, -0.2) is 22.0 Å². The molecule has 2 atom stereocenters. The Balaban J connectivity index is 2.04. The van der Waals surface area contributed by atoms with Crippen molar-refractivity contribution in [3.63, 3.8) is 0 Å². The van der Waals surface area contributed by atoms with Gasteiger partial charge in [0.1, 0.15) is 0 Å². The number of anilines is 1. The Hall–Kier alpha value is -1.38. The van der Waals surface area contributed by atoms with Crippen LogP contribution in [-0.2, 0) is 4.79 Å². The van der Waals surface area contributed by atoms with Gasteiger partial charge in [-0.15, -0.1) is 0 Å². The molecule has 1 aliphatic rings. The number of non-ortho nitro benzene ring substituents is 1. The molecule has 7 heteroatoms. The van der Waals surface area contributed by atoms with E-state index in [1.54, 1.807) is 6.07 Å². The number of hydrogen-bond acceptors (Lipinski definition) is 4. The molecule has 19 heavy (non-hydrogen) atoms. The summed E-state index contributed by atoms with van der Waals surface area (Å²) in [5, 5.41) is 22.9. The van der Waals surface area contributed by atoms with Crippen molar-refractivity contribution in [1.82, 2.24) is 0 Å². The molecule has 1 fully saturated rings. The van der Waals surface area contributed by atoms with E-state index in [-0.39, 0.29) is 17.6 Å². The number of nitro groups is 1. The molecule has 102 valence electrons. The van der Waals surface area contributed by atoms with Gasteiger partial charge in [-0.05, 0) is 47.9 Å². The smallest absolute Gasteiger partial charge is 0.306 e. The lowest BCUT2D eigenvalue weighted by atomic mass is 10.1. The molecule has 1 saturated carbocycles. The Morgan fingerprint density at radius 1 is 1.47 bits per heavy atom. The van der Waals surface area contributed by atoms with Crippen LogP contribution in [0.25, 0.3) is 0 Å². The summed E-state index contributed by atoms with van der Waals surface area (Å²) in [4.78, 5) is 21.1. The summed E-state index contributed by atoms with van der Waals surface area (Å²) in [5.41, 5.74) is 0.882. The number of nitrogens with zero attached hydrogens (tertiary/aromatic N) is 1. The second kappa shape index (κ2) is 5.72. The van der Waals surface area contributed by atoms with E-state index in [1.165, 1.54) is 12.1 Å². The lowest BCUT2D eigenvalue weighted by Crippen LogP contribution is -2.18. The van der Waals surface area contributed by atoms with Gasteiger partial charge in [-0.1, -0.05) is 0 Å². The van der Waals surface area contributed by atoms with Gasteiger partial charge in [-0.25, -0.2) is 0 Å². The molecule has 0 heterocycles. The van der Waals surface area contributed by atoms with Gasteiger partial charge in [0.2, 0.25) is 0 Å². The van der Waals surface area contributed by atoms with Crippen molar-refractivity contribution in [2.45, 2.75) is 25.3 Å². The number of carbonyl (C=O) groups is 1. The Labute approximate surface area is 123 Å². The van der Waals surface area contributed by atoms with E-state index >= 15 is 0 Å². The first-order valence-electron chi connectivity index (χ1n) is 5.90. The van der Waals surface area contributed by atoms with E-state index in [0.717, 1.165) is 15.7 Å². The number of hydrogen-bond donors (Lipinski definition) is 2. The van der Waals surface area contributed by atoms with E-state index in [1.807, 2.05) is 22.6 Å². The van der Waals surface area contributed by atoms with Gasteiger partial charge in [0.15, 0.2) is 0 Å². The van der Waals surface area contributed by atoms with Gasteiger partial charge in [-0.2, -0.15) is 0 Å². The molecule has 2 rings (SSSR count). The summed E-state index contributed by atoms with van der Waals surface area (Å²) in [7, 11) is 0. The molecule has 2 unspecified atom stereocenters. The SMILES string of the molecule is O=C(O)C1CCC(Nc2ccc([N+](=O)[O-])cc2I)C1. The minimum absolute atomic E-state index is 0.0600. The van der Waals surface area contributed by atoms with Crippen LogP contribution in [0.2, 0.25) is 0 Å². The maximum atomic E-state index is 10.9. The average molecular weight is 376 g/mol. The number of nitrogens with one attached hydrogen (secondary N) is 1. The van der Waals surface area contributed by atoms with Gasteiger partial charge in [0.05, 0.1) is 10.8 Å². The second-order valence-electron chi connectivity index (χ2n) is 4.61. The topological polar surface area (TPSA) is 92.5 Å². The van der Waals surface area contributed by atoms with E-state index in [0.29, 0.717) is 12.8 Å². The monoisotopic (exact) mass is 376 g/mol. The lowest BCUT2D eigenvalue weighted by molar-refractivity contribution is -0.384. The van der Waals surface area contributed by atoms with E-state index in [2.05, 4.69) is 5.32 Å². The van der Waals surface area contributed by atoms with Crippen LogP contribution >= 0.6 is 22.6 Å². The molecule has 0 bridgehead atoms.